The number of anilines is 1. The number of hydrogen-bond acceptors (Lipinski definition) is 5. The molecule has 4 rings (SSSR count). The van der Waals surface area contributed by atoms with Crippen LogP contribution in [0.25, 0.3) is 26.9 Å². The number of halogens is 1. The van der Waals surface area contributed by atoms with Crippen LogP contribution in [0.2, 0.25) is 0 Å². The second-order valence-corrected chi connectivity index (χ2v) is 7.66. The summed E-state index contributed by atoms with van der Waals surface area (Å²) in [5, 5.41) is 14.3. The fraction of sp³-hybridized carbons (Fsp3) is 0.118. The molecule has 2 aromatic carbocycles. The third-order valence-corrected chi connectivity index (χ3v) is 5.61. The van der Waals surface area contributed by atoms with Gasteiger partial charge in [0.2, 0.25) is 4.96 Å². The van der Waals surface area contributed by atoms with Crippen LogP contribution in [0.3, 0.4) is 0 Å². The van der Waals surface area contributed by atoms with Crippen LogP contribution in [0.1, 0.15) is 0 Å². The third-order valence-electron chi connectivity index (χ3n) is 3.74. The molecule has 0 aliphatic carbocycles. The van der Waals surface area contributed by atoms with Gasteiger partial charge in [-0.1, -0.05) is 29.5 Å². The lowest BCUT2D eigenvalue weighted by Gasteiger charge is -2.11. The van der Waals surface area contributed by atoms with E-state index in [0.717, 1.165) is 32.6 Å². The second-order valence-electron chi connectivity index (χ2n) is 5.55. The summed E-state index contributed by atoms with van der Waals surface area (Å²) in [5.74, 6) is 0.767. The van der Waals surface area contributed by atoms with E-state index in [-0.39, 0.29) is 0 Å². The molecule has 0 radical (unpaired) electrons. The van der Waals surface area contributed by atoms with Crippen LogP contribution in [0.4, 0.5) is 5.69 Å². The minimum absolute atomic E-state index is 0.767. The number of rotatable bonds is 3. The third kappa shape index (κ3) is 2.67. The van der Waals surface area contributed by atoms with E-state index in [1.54, 1.807) is 11.3 Å². The zero-order valence-corrected chi connectivity index (χ0v) is 16.1. The molecule has 0 saturated carbocycles. The van der Waals surface area contributed by atoms with Crippen molar-refractivity contribution in [1.29, 1.82) is 0 Å². The van der Waals surface area contributed by atoms with Crippen LogP contribution < -0.4 is 4.90 Å². The highest BCUT2D eigenvalue weighted by atomic mass is 127. The summed E-state index contributed by atoms with van der Waals surface area (Å²) in [6.45, 7) is 0. The number of nitrogens with zero attached hydrogens (tertiary/aromatic N) is 5. The molecule has 0 bridgehead atoms. The standard InChI is InChI=1S/C17H14IN5S/c1-22(2)12-9-7-11(8-10-12)15-19-20-17-23(15)21-16(24-17)13-5-3-4-6-14(13)18/h3-10H,1-2H3. The van der Waals surface area contributed by atoms with Gasteiger partial charge in [-0.2, -0.15) is 9.61 Å². The maximum absolute atomic E-state index is 4.73. The van der Waals surface area contributed by atoms with E-state index >= 15 is 0 Å². The molecule has 0 amide bonds. The van der Waals surface area contributed by atoms with Crippen molar-refractivity contribution in [3.05, 3.63) is 52.1 Å². The molecular formula is C17H14IN5S. The molecule has 2 heterocycles. The predicted octanol–water partition coefficient (Wildman–Crippen LogP) is 4.19. The highest BCUT2D eigenvalue weighted by molar-refractivity contribution is 14.1. The maximum Gasteiger partial charge on any atom is 0.235 e. The predicted molar refractivity (Wildman–Crippen MR) is 107 cm³/mol. The van der Waals surface area contributed by atoms with Crippen LogP contribution in [-0.4, -0.2) is 33.9 Å². The summed E-state index contributed by atoms with van der Waals surface area (Å²) >= 11 is 3.89. The van der Waals surface area contributed by atoms with Gasteiger partial charge in [-0.3, -0.25) is 0 Å². The number of hydrogen-bond donors (Lipinski definition) is 0. The monoisotopic (exact) mass is 447 g/mol. The van der Waals surface area contributed by atoms with Crippen molar-refractivity contribution in [1.82, 2.24) is 19.8 Å². The van der Waals surface area contributed by atoms with Gasteiger partial charge in [0.15, 0.2) is 5.82 Å². The lowest BCUT2D eigenvalue weighted by Crippen LogP contribution is -2.08. The number of fused-ring (bicyclic) bond motifs is 1. The minimum atomic E-state index is 0.767. The van der Waals surface area contributed by atoms with Crippen molar-refractivity contribution in [2.45, 2.75) is 0 Å². The zero-order chi connectivity index (χ0) is 16.7. The normalized spacial score (nSPS) is 11.1. The molecule has 0 aliphatic heterocycles. The molecule has 0 N–H and O–H groups in total. The summed E-state index contributed by atoms with van der Waals surface area (Å²) in [4.78, 5) is 2.87. The minimum Gasteiger partial charge on any atom is -0.378 e. The van der Waals surface area contributed by atoms with Crippen molar-refractivity contribution >= 4 is 44.6 Å². The van der Waals surface area contributed by atoms with E-state index in [1.807, 2.05) is 30.7 Å². The topological polar surface area (TPSA) is 46.3 Å². The first-order valence-electron chi connectivity index (χ1n) is 7.38. The lowest BCUT2D eigenvalue weighted by molar-refractivity contribution is 0.970. The summed E-state index contributed by atoms with van der Waals surface area (Å²) in [7, 11) is 4.05. The summed E-state index contributed by atoms with van der Waals surface area (Å²) in [5.41, 5.74) is 3.28. The Bertz CT molecular complexity index is 1000. The van der Waals surface area contributed by atoms with E-state index < -0.39 is 0 Å². The first kappa shape index (κ1) is 15.5. The van der Waals surface area contributed by atoms with Gasteiger partial charge >= 0.3 is 0 Å². The number of benzene rings is 2. The molecule has 5 nitrogen and oxygen atoms in total. The van der Waals surface area contributed by atoms with Crippen molar-refractivity contribution in [3.63, 3.8) is 0 Å². The smallest absolute Gasteiger partial charge is 0.235 e. The van der Waals surface area contributed by atoms with Crippen molar-refractivity contribution in [2.75, 3.05) is 19.0 Å². The van der Waals surface area contributed by atoms with Crippen molar-refractivity contribution < 1.29 is 0 Å². The van der Waals surface area contributed by atoms with Gasteiger partial charge in [-0.05, 0) is 52.9 Å². The first-order chi connectivity index (χ1) is 11.6. The average Bonchev–Trinajstić information content (AvgIpc) is 3.16. The largest absolute Gasteiger partial charge is 0.378 e. The van der Waals surface area contributed by atoms with Crippen LogP contribution >= 0.6 is 33.9 Å². The molecule has 0 fully saturated rings. The number of aromatic nitrogens is 4. The second kappa shape index (κ2) is 6.14. The Labute approximate surface area is 157 Å². The van der Waals surface area contributed by atoms with Gasteiger partial charge < -0.3 is 4.90 Å². The molecular weight excluding hydrogens is 433 g/mol. The summed E-state index contributed by atoms with van der Waals surface area (Å²) in [6.07, 6.45) is 0. The first-order valence-corrected chi connectivity index (χ1v) is 9.28. The molecule has 0 spiro atoms. The molecule has 0 atom stereocenters. The van der Waals surface area contributed by atoms with Crippen LogP contribution in [0.5, 0.6) is 0 Å². The van der Waals surface area contributed by atoms with Crippen molar-refractivity contribution in [3.8, 4) is 22.0 Å². The summed E-state index contributed by atoms with van der Waals surface area (Å²) < 4.78 is 3.00. The van der Waals surface area contributed by atoms with Crippen LogP contribution in [0, 0.1) is 3.57 Å². The Kier molecular flexibility index (Phi) is 3.97. The summed E-state index contributed by atoms with van der Waals surface area (Å²) in [6, 6.07) is 16.5. The molecule has 2 aromatic heterocycles. The quantitative estimate of drug-likeness (QED) is 0.442. The Balaban J connectivity index is 1.79. The zero-order valence-electron chi connectivity index (χ0n) is 13.1. The van der Waals surface area contributed by atoms with Gasteiger partial charge in [0, 0.05) is 34.5 Å². The van der Waals surface area contributed by atoms with E-state index in [4.69, 9.17) is 5.10 Å². The Morgan fingerprint density at radius 1 is 1.00 bits per heavy atom. The SMILES string of the molecule is CN(C)c1ccc(-c2nnc3sc(-c4ccccc4I)nn23)cc1. The highest BCUT2D eigenvalue weighted by Crippen LogP contribution is 2.31. The molecule has 4 aromatic rings. The Hall–Kier alpha value is -2.00. The molecule has 7 heteroatoms. The highest BCUT2D eigenvalue weighted by Gasteiger charge is 2.15. The lowest BCUT2D eigenvalue weighted by atomic mass is 10.2. The van der Waals surface area contributed by atoms with Gasteiger partial charge in [-0.15, -0.1) is 10.2 Å². The van der Waals surface area contributed by atoms with Gasteiger partial charge in [0.05, 0.1) is 0 Å². The van der Waals surface area contributed by atoms with Gasteiger partial charge in [-0.25, -0.2) is 0 Å². The molecule has 120 valence electrons. The van der Waals surface area contributed by atoms with Gasteiger partial charge in [0.1, 0.15) is 5.01 Å². The Morgan fingerprint density at radius 2 is 1.75 bits per heavy atom. The van der Waals surface area contributed by atoms with E-state index in [2.05, 4.69) is 74.1 Å². The molecule has 0 saturated heterocycles. The maximum atomic E-state index is 4.73. The van der Waals surface area contributed by atoms with Crippen LogP contribution in [-0.2, 0) is 0 Å². The Morgan fingerprint density at radius 3 is 2.46 bits per heavy atom. The van der Waals surface area contributed by atoms with E-state index in [9.17, 15) is 0 Å². The molecule has 24 heavy (non-hydrogen) atoms. The fourth-order valence-corrected chi connectivity index (χ4v) is 4.15. The van der Waals surface area contributed by atoms with Crippen LogP contribution in [0.15, 0.2) is 48.5 Å². The van der Waals surface area contributed by atoms with Gasteiger partial charge in [0.25, 0.3) is 0 Å². The van der Waals surface area contributed by atoms with Crippen molar-refractivity contribution in [2.24, 2.45) is 0 Å². The molecule has 0 aliphatic rings. The van der Waals surface area contributed by atoms with E-state index in [1.165, 1.54) is 3.57 Å². The van der Waals surface area contributed by atoms with E-state index in [0.29, 0.717) is 0 Å². The molecule has 0 unspecified atom stereocenters. The average molecular weight is 447 g/mol. The fourth-order valence-electron chi connectivity index (χ4n) is 2.45.